The molecular weight excluding hydrogens is 445 g/mol. The molecule has 7 nitrogen and oxygen atoms in total. The first-order valence-electron chi connectivity index (χ1n) is 10.8. The molecule has 9 heteroatoms. The lowest BCUT2D eigenvalue weighted by atomic mass is 9.98. The zero-order chi connectivity index (χ0) is 23.4. The summed E-state index contributed by atoms with van der Waals surface area (Å²) in [6, 6.07) is 10.4. The largest absolute Gasteiger partial charge is 0.484 e. The number of nitrogens with zero attached hydrogens (tertiary/aromatic N) is 5. The molecule has 0 N–H and O–H groups in total. The monoisotopic (exact) mass is 467 g/mol. The van der Waals surface area contributed by atoms with Crippen LogP contribution in [0.3, 0.4) is 0 Å². The molecule has 170 valence electrons. The summed E-state index contributed by atoms with van der Waals surface area (Å²) in [6.07, 6.45) is 0. The third kappa shape index (κ3) is 3.43. The van der Waals surface area contributed by atoms with Crippen molar-refractivity contribution in [2.45, 2.75) is 32.0 Å². The quantitative estimate of drug-likeness (QED) is 0.573. The number of piperazine rings is 1. The van der Waals surface area contributed by atoms with Crippen molar-refractivity contribution in [1.29, 1.82) is 5.26 Å². The zero-order valence-electron chi connectivity index (χ0n) is 18.5. The van der Waals surface area contributed by atoms with Crippen LogP contribution in [0.4, 0.5) is 10.1 Å². The number of nitriles is 1. The molecule has 0 aliphatic carbocycles. The molecule has 0 bridgehead atoms. The standard InChI is InChI=1S/C24H23ClFN5O2/c1-13-10-31-17(11-30(13)14(2)15-4-6-18(25)19(26)8-15)12-33-23-22(31)21-20(29(3)24(23)32)7-5-16(9-27)28-21/h4-8,13-14,17H,10-12H2,1-3H3/t13-,14+,17+/m1/s1. The third-order valence-corrected chi connectivity index (χ3v) is 7.11. The van der Waals surface area contributed by atoms with Crippen molar-refractivity contribution < 1.29 is 9.13 Å². The molecule has 1 fully saturated rings. The molecule has 33 heavy (non-hydrogen) atoms. The Morgan fingerprint density at radius 3 is 2.82 bits per heavy atom. The molecule has 5 rings (SSSR count). The minimum Gasteiger partial charge on any atom is -0.484 e. The summed E-state index contributed by atoms with van der Waals surface area (Å²) in [5, 5.41) is 9.48. The van der Waals surface area contributed by atoms with Crippen molar-refractivity contribution in [2.24, 2.45) is 7.05 Å². The van der Waals surface area contributed by atoms with E-state index in [4.69, 9.17) is 16.3 Å². The number of ether oxygens (including phenoxy) is 1. The number of anilines is 1. The van der Waals surface area contributed by atoms with E-state index in [-0.39, 0.29) is 40.2 Å². The number of hydrogen-bond acceptors (Lipinski definition) is 6. The Balaban J connectivity index is 1.55. The van der Waals surface area contributed by atoms with Crippen LogP contribution in [0.15, 0.2) is 35.1 Å². The highest BCUT2D eigenvalue weighted by Gasteiger charge is 2.40. The lowest BCUT2D eigenvalue weighted by Gasteiger charge is -2.50. The summed E-state index contributed by atoms with van der Waals surface area (Å²) in [6.45, 7) is 5.84. The molecule has 1 saturated heterocycles. The number of benzene rings is 1. The Morgan fingerprint density at radius 1 is 1.30 bits per heavy atom. The summed E-state index contributed by atoms with van der Waals surface area (Å²) in [5.41, 5.74) is 2.82. The van der Waals surface area contributed by atoms with Gasteiger partial charge >= 0.3 is 0 Å². The van der Waals surface area contributed by atoms with Crippen LogP contribution in [0.2, 0.25) is 5.02 Å². The smallest absolute Gasteiger partial charge is 0.295 e. The second-order valence-corrected chi connectivity index (χ2v) is 9.14. The molecule has 0 spiro atoms. The Hall–Kier alpha value is -3.15. The lowest BCUT2D eigenvalue weighted by molar-refractivity contribution is 0.0916. The predicted molar refractivity (Wildman–Crippen MR) is 124 cm³/mol. The van der Waals surface area contributed by atoms with Crippen molar-refractivity contribution in [3.8, 4) is 11.8 Å². The second kappa shape index (κ2) is 8.01. The fourth-order valence-electron chi connectivity index (χ4n) is 4.99. The normalized spacial score (nSPS) is 21.2. The van der Waals surface area contributed by atoms with E-state index in [0.29, 0.717) is 36.4 Å². The molecule has 0 radical (unpaired) electrons. The van der Waals surface area contributed by atoms with Crippen LogP contribution in [0, 0.1) is 17.1 Å². The van der Waals surface area contributed by atoms with Crippen molar-refractivity contribution in [3.63, 3.8) is 0 Å². The molecule has 4 heterocycles. The number of fused-ring (bicyclic) bond motifs is 5. The molecule has 3 atom stereocenters. The van der Waals surface area contributed by atoms with E-state index in [1.54, 1.807) is 25.2 Å². The average Bonchev–Trinajstić information content (AvgIpc) is 2.82. The van der Waals surface area contributed by atoms with Gasteiger partial charge in [0.25, 0.3) is 5.56 Å². The Morgan fingerprint density at radius 2 is 2.09 bits per heavy atom. The maximum absolute atomic E-state index is 14.1. The van der Waals surface area contributed by atoms with Crippen molar-refractivity contribution in [3.05, 3.63) is 62.8 Å². The maximum Gasteiger partial charge on any atom is 0.295 e. The summed E-state index contributed by atoms with van der Waals surface area (Å²) in [5.74, 6) is -0.152. The van der Waals surface area contributed by atoms with Crippen LogP contribution < -0.4 is 15.2 Å². The van der Waals surface area contributed by atoms with E-state index < -0.39 is 5.82 Å². The van der Waals surface area contributed by atoms with Gasteiger partial charge in [0.15, 0.2) is 0 Å². The molecular formula is C24H23ClFN5O2. The van der Waals surface area contributed by atoms with Gasteiger partial charge in [0.05, 0.1) is 16.6 Å². The number of rotatable bonds is 2. The van der Waals surface area contributed by atoms with Gasteiger partial charge < -0.3 is 14.2 Å². The number of pyridine rings is 2. The Bertz CT molecular complexity index is 1370. The highest BCUT2D eigenvalue weighted by molar-refractivity contribution is 6.30. The number of hydrogen-bond donors (Lipinski definition) is 0. The first-order chi connectivity index (χ1) is 15.8. The second-order valence-electron chi connectivity index (χ2n) is 8.73. The van der Waals surface area contributed by atoms with E-state index in [0.717, 1.165) is 5.56 Å². The van der Waals surface area contributed by atoms with E-state index in [1.165, 1.54) is 10.6 Å². The van der Waals surface area contributed by atoms with Crippen molar-refractivity contribution in [2.75, 3.05) is 24.6 Å². The van der Waals surface area contributed by atoms with Gasteiger partial charge in [-0.1, -0.05) is 17.7 Å². The SMILES string of the molecule is C[C@@H]1CN2c3c(c(=O)n(C)c4ccc(C#N)nc34)OC[C@@H]2CN1[C@@H](C)c1ccc(Cl)c(F)c1. The van der Waals surface area contributed by atoms with Crippen LogP contribution in [-0.2, 0) is 7.05 Å². The predicted octanol–water partition coefficient (Wildman–Crippen LogP) is 3.63. The lowest BCUT2D eigenvalue weighted by Crippen LogP contribution is -2.61. The number of halogens is 2. The third-order valence-electron chi connectivity index (χ3n) is 6.81. The summed E-state index contributed by atoms with van der Waals surface area (Å²) in [4.78, 5) is 22.1. The fraction of sp³-hybridized carbons (Fsp3) is 0.375. The van der Waals surface area contributed by atoms with E-state index in [9.17, 15) is 14.4 Å². The average molecular weight is 468 g/mol. The summed E-state index contributed by atoms with van der Waals surface area (Å²) >= 11 is 5.87. The van der Waals surface area contributed by atoms with Gasteiger partial charge in [0.2, 0.25) is 5.75 Å². The van der Waals surface area contributed by atoms with Crippen LogP contribution >= 0.6 is 11.6 Å². The van der Waals surface area contributed by atoms with Gasteiger partial charge in [-0.15, -0.1) is 0 Å². The molecule has 3 aromatic rings. The van der Waals surface area contributed by atoms with E-state index in [1.807, 2.05) is 6.07 Å². The van der Waals surface area contributed by atoms with Gasteiger partial charge in [0.1, 0.15) is 35.4 Å². The first-order valence-corrected chi connectivity index (χ1v) is 11.2. The fourth-order valence-corrected chi connectivity index (χ4v) is 5.10. The first kappa shape index (κ1) is 21.7. The molecule has 2 aliphatic rings. The van der Waals surface area contributed by atoms with Gasteiger partial charge in [-0.05, 0) is 43.7 Å². The summed E-state index contributed by atoms with van der Waals surface area (Å²) < 4.78 is 21.6. The van der Waals surface area contributed by atoms with E-state index >= 15 is 0 Å². The molecule has 1 aromatic carbocycles. The molecule has 0 unspecified atom stereocenters. The van der Waals surface area contributed by atoms with Gasteiger partial charge in [-0.2, -0.15) is 5.26 Å². The minimum absolute atomic E-state index is 0.0175. The highest BCUT2D eigenvalue weighted by Crippen LogP contribution is 2.40. The van der Waals surface area contributed by atoms with Crippen LogP contribution in [0.25, 0.3) is 11.0 Å². The molecule has 0 amide bonds. The Kier molecular flexibility index (Phi) is 5.26. The highest BCUT2D eigenvalue weighted by atomic mass is 35.5. The van der Waals surface area contributed by atoms with Gasteiger partial charge in [-0.25, -0.2) is 9.37 Å². The number of aryl methyl sites for hydroxylation is 1. The topological polar surface area (TPSA) is 74.4 Å². The van der Waals surface area contributed by atoms with Crippen molar-refractivity contribution >= 4 is 28.3 Å². The minimum atomic E-state index is -0.427. The van der Waals surface area contributed by atoms with Gasteiger partial charge in [-0.3, -0.25) is 9.69 Å². The van der Waals surface area contributed by atoms with Crippen LogP contribution in [0.1, 0.15) is 31.1 Å². The number of aromatic nitrogens is 2. The maximum atomic E-state index is 14.1. The van der Waals surface area contributed by atoms with Crippen LogP contribution in [-0.4, -0.2) is 46.2 Å². The zero-order valence-corrected chi connectivity index (χ0v) is 19.3. The van der Waals surface area contributed by atoms with Gasteiger partial charge in [0, 0.05) is 32.2 Å². The Labute approximate surface area is 195 Å². The van der Waals surface area contributed by atoms with Crippen LogP contribution in [0.5, 0.6) is 5.75 Å². The van der Waals surface area contributed by atoms with E-state index in [2.05, 4.69) is 34.7 Å². The molecule has 2 aliphatic heterocycles. The molecule has 2 aromatic heterocycles. The molecule has 0 saturated carbocycles. The summed E-state index contributed by atoms with van der Waals surface area (Å²) in [7, 11) is 1.68. The van der Waals surface area contributed by atoms with Crippen molar-refractivity contribution in [1.82, 2.24) is 14.5 Å².